The first-order valence-electron chi connectivity index (χ1n) is 8.23. The van der Waals surface area contributed by atoms with Crippen molar-refractivity contribution >= 4 is 0 Å². The Kier molecular flexibility index (Phi) is 3.27. The lowest BCUT2D eigenvalue weighted by molar-refractivity contribution is 0.0311. The zero-order valence-electron chi connectivity index (χ0n) is 12.2. The maximum absolute atomic E-state index is 4.29. The lowest BCUT2D eigenvalue weighted by Gasteiger charge is -2.48. The van der Waals surface area contributed by atoms with Crippen LogP contribution < -0.4 is 5.32 Å². The summed E-state index contributed by atoms with van der Waals surface area (Å²) in [6.07, 6.45) is 12.3. The molecule has 4 rings (SSSR count). The van der Waals surface area contributed by atoms with Crippen LogP contribution in [0.3, 0.4) is 0 Å². The first-order valence-corrected chi connectivity index (χ1v) is 8.23. The highest BCUT2D eigenvalue weighted by Gasteiger charge is 2.46. The highest BCUT2D eigenvalue weighted by atomic mass is 15.3. The molecule has 1 N–H and O–H groups in total. The summed E-state index contributed by atoms with van der Waals surface area (Å²) in [4.78, 5) is 7.08. The Hall–Kier alpha value is -0.930. The van der Waals surface area contributed by atoms with Crippen molar-refractivity contribution in [1.82, 2.24) is 15.2 Å². The molecular weight excluding hydrogens is 246 g/mol. The van der Waals surface area contributed by atoms with E-state index in [-0.39, 0.29) is 0 Å². The third-order valence-electron chi connectivity index (χ3n) is 5.60. The van der Waals surface area contributed by atoms with Crippen LogP contribution in [0.4, 0.5) is 0 Å². The van der Waals surface area contributed by atoms with Gasteiger partial charge in [-0.1, -0.05) is 18.9 Å². The zero-order chi connectivity index (χ0) is 13.4. The average molecular weight is 271 g/mol. The molecule has 3 nitrogen and oxygen atoms in total. The predicted molar refractivity (Wildman–Crippen MR) is 80.4 cm³/mol. The molecule has 1 aromatic heterocycles. The number of hydrogen-bond donors (Lipinski definition) is 1. The Balaban J connectivity index is 1.53. The molecule has 2 heterocycles. The summed E-state index contributed by atoms with van der Waals surface area (Å²) in [5, 5.41) is 3.87. The van der Waals surface area contributed by atoms with Crippen LogP contribution in [0, 0.1) is 5.92 Å². The summed E-state index contributed by atoms with van der Waals surface area (Å²) < 4.78 is 0. The fraction of sp³-hybridized carbons (Fsp3) is 0.706. The van der Waals surface area contributed by atoms with Crippen LogP contribution in [-0.2, 0) is 6.54 Å². The normalized spacial score (nSPS) is 29.9. The first-order chi connectivity index (χ1) is 9.86. The van der Waals surface area contributed by atoms with Crippen molar-refractivity contribution < 1.29 is 0 Å². The highest BCUT2D eigenvalue weighted by molar-refractivity contribution is 5.12. The third kappa shape index (κ3) is 2.38. The van der Waals surface area contributed by atoms with E-state index in [2.05, 4.69) is 27.3 Å². The molecule has 2 saturated carbocycles. The maximum atomic E-state index is 4.29. The fourth-order valence-corrected chi connectivity index (χ4v) is 4.21. The molecule has 1 unspecified atom stereocenters. The molecule has 1 atom stereocenters. The van der Waals surface area contributed by atoms with Crippen LogP contribution in [-0.4, -0.2) is 34.6 Å². The molecule has 0 amide bonds. The van der Waals surface area contributed by atoms with Crippen molar-refractivity contribution in [3.8, 4) is 0 Å². The molecule has 0 radical (unpaired) electrons. The van der Waals surface area contributed by atoms with E-state index in [1.165, 1.54) is 57.2 Å². The Morgan fingerprint density at radius 3 is 2.85 bits per heavy atom. The van der Waals surface area contributed by atoms with Gasteiger partial charge in [0.2, 0.25) is 0 Å². The van der Waals surface area contributed by atoms with E-state index < -0.39 is 0 Å². The Labute approximate surface area is 121 Å². The van der Waals surface area contributed by atoms with Gasteiger partial charge in [-0.25, -0.2) is 0 Å². The number of nitrogens with zero attached hydrogens (tertiary/aromatic N) is 2. The van der Waals surface area contributed by atoms with E-state index >= 15 is 0 Å². The van der Waals surface area contributed by atoms with Crippen LogP contribution in [0.1, 0.15) is 44.1 Å². The molecule has 108 valence electrons. The van der Waals surface area contributed by atoms with E-state index in [1.54, 1.807) is 0 Å². The van der Waals surface area contributed by atoms with Crippen molar-refractivity contribution in [3.05, 3.63) is 30.1 Å². The van der Waals surface area contributed by atoms with Gasteiger partial charge >= 0.3 is 0 Å². The molecule has 1 saturated heterocycles. The summed E-state index contributed by atoms with van der Waals surface area (Å²) in [5.74, 6) is 0.949. The Morgan fingerprint density at radius 2 is 2.15 bits per heavy atom. The molecular formula is C17H25N3. The van der Waals surface area contributed by atoms with Crippen molar-refractivity contribution in [3.63, 3.8) is 0 Å². The summed E-state index contributed by atoms with van der Waals surface area (Å²) in [6.45, 7) is 3.52. The van der Waals surface area contributed by atoms with E-state index in [0.717, 1.165) is 18.5 Å². The maximum Gasteiger partial charge on any atom is 0.0338 e. The van der Waals surface area contributed by atoms with Crippen molar-refractivity contribution in [2.75, 3.05) is 13.1 Å². The molecule has 3 heteroatoms. The molecule has 3 fully saturated rings. The number of aromatic nitrogens is 1. The second kappa shape index (κ2) is 5.12. The van der Waals surface area contributed by atoms with E-state index in [0.29, 0.717) is 5.54 Å². The van der Waals surface area contributed by atoms with Gasteiger partial charge in [-0.05, 0) is 43.2 Å². The lowest BCUT2D eigenvalue weighted by Crippen LogP contribution is -2.63. The minimum atomic E-state index is 0.432. The Bertz CT molecular complexity index is 449. The summed E-state index contributed by atoms with van der Waals surface area (Å²) in [7, 11) is 0. The van der Waals surface area contributed by atoms with Crippen LogP contribution >= 0.6 is 0 Å². The van der Waals surface area contributed by atoms with Crippen molar-refractivity contribution in [2.24, 2.45) is 5.92 Å². The smallest absolute Gasteiger partial charge is 0.0338 e. The van der Waals surface area contributed by atoms with Gasteiger partial charge in [0.15, 0.2) is 0 Å². The standard InChI is InChI=1S/C17H25N3/c1-2-8-17(7-1)13-19-16(15-5-6-15)12-20(17)11-14-4-3-9-18-10-14/h3-4,9-10,15-16,19H,1-2,5-8,11-13H2. The van der Waals surface area contributed by atoms with Crippen LogP contribution in [0.5, 0.6) is 0 Å². The van der Waals surface area contributed by atoms with Gasteiger partial charge in [0.25, 0.3) is 0 Å². The van der Waals surface area contributed by atoms with Gasteiger partial charge in [-0.3, -0.25) is 9.88 Å². The lowest BCUT2D eigenvalue weighted by atomic mass is 9.89. The molecule has 0 aromatic carbocycles. The van der Waals surface area contributed by atoms with Gasteiger partial charge in [0.05, 0.1) is 0 Å². The Morgan fingerprint density at radius 1 is 1.30 bits per heavy atom. The number of rotatable bonds is 3. The summed E-state index contributed by atoms with van der Waals surface area (Å²) in [6, 6.07) is 5.03. The SMILES string of the molecule is c1cncc(CN2CC(C3CC3)NCC23CCCC3)c1. The summed E-state index contributed by atoms with van der Waals surface area (Å²) in [5.41, 5.74) is 1.80. The van der Waals surface area contributed by atoms with Gasteiger partial charge in [-0.2, -0.15) is 0 Å². The first kappa shape index (κ1) is 12.8. The van der Waals surface area contributed by atoms with Crippen LogP contribution in [0.2, 0.25) is 0 Å². The quantitative estimate of drug-likeness (QED) is 0.916. The molecule has 3 aliphatic rings. The van der Waals surface area contributed by atoms with Crippen molar-refractivity contribution in [1.29, 1.82) is 0 Å². The van der Waals surface area contributed by atoms with Gasteiger partial charge in [0.1, 0.15) is 0 Å². The highest BCUT2D eigenvalue weighted by Crippen LogP contribution is 2.41. The molecule has 1 aromatic rings. The molecule has 0 bridgehead atoms. The fourth-order valence-electron chi connectivity index (χ4n) is 4.21. The monoisotopic (exact) mass is 271 g/mol. The topological polar surface area (TPSA) is 28.2 Å². The van der Waals surface area contributed by atoms with E-state index in [9.17, 15) is 0 Å². The minimum Gasteiger partial charge on any atom is -0.311 e. The van der Waals surface area contributed by atoms with Gasteiger partial charge in [-0.15, -0.1) is 0 Å². The van der Waals surface area contributed by atoms with Crippen LogP contribution in [0.25, 0.3) is 0 Å². The number of pyridine rings is 1. The predicted octanol–water partition coefficient (Wildman–Crippen LogP) is 2.58. The minimum absolute atomic E-state index is 0.432. The van der Waals surface area contributed by atoms with Crippen LogP contribution in [0.15, 0.2) is 24.5 Å². The zero-order valence-corrected chi connectivity index (χ0v) is 12.2. The van der Waals surface area contributed by atoms with E-state index in [1.807, 2.05) is 12.4 Å². The number of nitrogens with one attached hydrogen (secondary N) is 1. The largest absolute Gasteiger partial charge is 0.311 e. The number of hydrogen-bond acceptors (Lipinski definition) is 3. The number of piperazine rings is 1. The van der Waals surface area contributed by atoms with Gasteiger partial charge < -0.3 is 5.32 Å². The van der Waals surface area contributed by atoms with E-state index in [4.69, 9.17) is 0 Å². The molecule has 2 aliphatic carbocycles. The second-order valence-electron chi connectivity index (χ2n) is 7.00. The summed E-state index contributed by atoms with van der Waals surface area (Å²) >= 11 is 0. The van der Waals surface area contributed by atoms with Crippen molar-refractivity contribution in [2.45, 2.75) is 56.7 Å². The average Bonchev–Trinajstić information content (AvgIpc) is 3.23. The molecule has 1 spiro atoms. The second-order valence-corrected chi connectivity index (χ2v) is 7.00. The molecule has 20 heavy (non-hydrogen) atoms. The van der Waals surface area contributed by atoms with Gasteiger partial charge in [0, 0.05) is 43.6 Å². The third-order valence-corrected chi connectivity index (χ3v) is 5.60. The molecule has 1 aliphatic heterocycles.